The predicted octanol–water partition coefficient (Wildman–Crippen LogP) is 4.33. The molecule has 0 spiro atoms. The van der Waals surface area contributed by atoms with Crippen LogP contribution in [0.15, 0.2) is 72.8 Å². The minimum atomic E-state index is -1.21. The monoisotopic (exact) mass is 368 g/mol. The summed E-state index contributed by atoms with van der Waals surface area (Å²) in [5.41, 5.74) is -0.457. The summed E-state index contributed by atoms with van der Waals surface area (Å²) in [6, 6.07) is 18.4. The van der Waals surface area contributed by atoms with Crippen LogP contribution in [0.5, 0.6) is 11.5 Å². The second-order valence-electron chi connectivity index (χ2n) is 5.42. The summed E-state index contributed by atoms with van der Waals surface area (Å²) < 4.78 is 32.9. The van der Waals surface area contributed by atoms with Gasteiger partial charge >= 0.3 is 11.8 Å². The van der Waals surface area contributed by atoms with Crippen molar-refractivity contribution in [3.8, 4) is 11.5 Å². The first-order valence-electron chi connectivity index (χ1n) is 7.93. The standard InChI is InChI=1S/C20H14F2N2O3/c21-14-9-6-10-15(22)18(14)24-20(26)19(25)23-16-11-4-5-12-17(16)27-13-7-2-1-3-8-13/h1-12H,(H,23,25)(H,24,26). The van der Waals surface area contributed by atoms with Crippen molar-refractivity contribution in [2.45, 2.75) is 0 Å². The highest BCUT2D eigenvalue weighted by Gasteiger charge is 2.19. The van der Waals surface area contributed by atoms with Crippen LogP contribution < -0.4 is 15.4 Å². The number of para-hydroxylation sites is 4. The first-order valence-corrected chi connectivity index (χ1v) is 7.93. The van der Waals surface area contributed by atoms with Crippen LogP contribution in [0.2, 0.25) is 0 Å². The van der Waals surface area contributed by atoms with Crippen LogP contribution in [-0.2, 0) is 9.59 Å². The van der Waals surface area contributed by atoms with Gasteiger partial charge in [0.25, 0.3) is 0 Å². The maximum absolute atomic E-state index is 13.6. The molecule has 0 unspecified atom stereocenters. The van der Waals surface area contributed by atoms with E-state index in [0.29, 0.717) is 11.5 Å². The van der Waals surface area contributed by atoms with E-state index in [2.05, 4.69) is 5.32 Å². The molecular formula is C20H14F2N2O3. The molecule has 136 valence electrons. The molecule has 0 aliphatic heterocycles. The zero-order valence-electron chi connectivity index (χ0n) is 13.9. The molecule has 0 aliphatic carbocycles. The summed E-state index contributed by atoms with van der Waals surface area (Å²) in [5, 5.41) is 4.29. The van der Waals surface area contributed by atoms with E-state index in [1.165, 1.54) is 6.07 Å². The minimum absolute atomic E-state index is 0.232. The highest BCUT2D eigenvalue weighted by Crippen LogP contribution is 2.29. The second kappa shape index (κ2) is 8.09. The van der Waals surface area contributed by atoms with Crippen LogP contribution in [0.4, 0.5) is 20.2 Å². The summed E-state index contributed by atoms with van der Waals surface area (Å²) in [6.07, 6.45) is 0. The summed E-state index contributed by atoms with van der Waals surface area (Å²) in [7, 11) is 0. The molecule has 0 saturated carbocycles. The third-order valence-corrected chi connectivity index (χ3v) is 3.51. The van der Waals surface area contributed by atoms with E-state index < -0.39 is 29.1 Å². The number of rotatable bonds is 4. The molecule has 0 heterocycles. The summed E-state index contributed by atoms with van der Waals surface area (Å²) in [4.78, 5) is 24.1. The van der Waals surface area contributed by atoms with Crippen molar-refractivity contribution in [1.29, 1.82) is 0 Å². The Labute approximate surface area is 153 Å². The number of ether oxygens (including phenoxy) is 1. The lowest BCUT2D eigenvalue weighted by Gasteiger charge is -2.12. The number of carbonyl (C=O) groups excluding carboxylic acids is 2. The van der Waals surface area contributed by atoms with Gasteiger partial charge in [0, 0.05) is 0 Å². The van der Waals surface area contributed by atoms with Crippen LogP contribution in [0, 0.1) is 11.6 Å². The zero-order valence-corrected chi connectivity index (χ0v) is 13.9. The Morgan fingerprint density at radius 1 is 0.704 bits per heavy atom. The molecule has 0 radical (unpaired) electrons. The number of halogens is 2. The largest absolute Gasteiger partial charge is 0.455 e. The highest BCUT2D eigenvalue weighted by atomic mass is 19.1. The fraction of sp³-hybridized carbons (Fsp3) is 0. The molecule has 2 N–H and O–H groups in total. The van der Waals surface area contributed by atoms with E-state index in [1.807, 2.05) is 11.4 Å². The summed E-state index contributed by atoms with van der Waals surface area (Å²) in [5.74, 6) is -3.43. The number of amides is 2. The lowest BCUT2D eigenvalue weighted by molar-refractivity contribution is -0.133. The Kier molecular flexibility index (Phi) is 5.41. The lowest BCUT2D eigenvalue weighted by Crippen LogP contribution is -2.30. The Hall–Kier alpha value is -3.74. The number of anilines is 2. The van der Waals surface area contributed by atoms with E-state index in [-0.39, 0.29) is 5.69 Å². The van der Waals surface area contributed by atoms with Gasteiger partial charge in [0.1, 0.15) is 23.1 Å². The third kappa shape index (κ3) is 4.46. The van der Waals surface area contributed by atoms with Gasteiger partial charge in [0.15, 0.2) is 5.75 Å². The van der Waals surface area contributed by atoms with Gasteiger partial charge in [0.05, 0.1) is 5.69 Å². The van der Waals surface area contributed by atoms with Crippen molar-refractivity contribution in [3.05, 3.63) is 84.4 Å². The topological polar surface area (TPSA) is 67.4 Å². The summed E-state index contributed by atoms with van der Waals surface area (Å²) in [6.45, 7) is 0. The minimum Gasteiger partial charge on any atom is -0.455 e. The maximum Gasteiger partial charge on any atom is 0.314 e. The number of hydrogen-bond donors (Lipinski definition) is 2. The van der Waals surface area contributed by atoms with Crippen molar-refractivity contribution in [1.82, 2.24) is 0 Å². The van der Waals surface area contributed by atoms with Crippen LogP contribution in [-0.4, -0.2) is 11.8 Å². The quantitative estimate of drug-likeness (QED) is 0.674. The average molecular weight is 368 g/mol. The van der Waals surface area contributed by atoms with Gasteiger partial charge in [-0.3, -0.25) is 9.59 Å². The van der Waals surface area contributed by atoms with E-state index in [0.717, 1.165) is 18.2 Å². The molecule has 2 amide bonds. The zero-order chi connectivity index (χ0) is 19.2. The van der Waals surface area contributed by atoms with E-state index in [1.54, 1.807) is 42.5 Å². The van der Waals surface area contributed by atoms with Crippen molar-refractivity contribution >= 4 is 23.2 Å². The smallest absolute Gasteiger partial charge is 0.314 e. The van der Waals surface area contributed by atoms with Crippen molar-refractivity contribution in [2.75, 3.05) is 10.6 Å². The van der Waals surface area contributed by atoms with E-state index >= 15 is 0 Å². The SMILES string of the molecule is O=C(Nc1ccccc1Oc1ccccc1)C(=O)Nc1c(F)cccc1F. The molecular weight excluding hydrogens is 354 g/mol. The number of nitrogens with one attached hydrogen (secondary N) is 2. The van der Waals surface area contributed by atoms with Gasteiger partial charge in [-0.25, -0.2) is 8.78 Å². The fourth-order valence-electron chi connectivity index (χ4n) is 2.24. The van der Waals surface area contributed by atoms with Crippen molar-refractivity contribution in [2.24, 2.45) is 0 Å². The normalized spacial score (nSPS) is 10.1. The van der Waals surface area contributed by atoms with E-state index in [9.17, 15) is 18.4 Å². The Morgan fingerprint density at radius 3 is 2.00 bits per heavy atom. The maximum atomic E-state index is 13.6. The summed E-state index contributed by atoms with van der Waals surface area (Å²) >= 11 is 0. The predicted molar refractivity (Wildman–Crippen MR) is 96.6 cm³/mol. The van der Waals surface area contributed by atoms with Crippen LogP contribution >= 0.6 is 0 Å². The average Bonchev–Trinajstić information content (AvgIpc) is 2.67. The van der Waals surface area contributed by atoms with Crippen molar-refractivity contribution in [3.63, 3.8) is 0 Å². The first kappa shape index (κ1) is 18.1. The van der Waals surface area contributed by atoms with Crippen LogP contribution in [0.1, 0.15) is 0 Å². The molecule has 27 heavy (non-hydrogen) atoms. The van der Waals surface area contributed by atoms with Gasteiger partial charge < -0.3 is 15.4 Å². The van der Waals surface area contributed by atoms with Gasteiger partial charge in [-0.05, 0) is 36.4 Å². The van der Waals surface area contributed by atoms with Gasteiger partial charge in [-0.2, -0.15) is 0 Å². The van der Waals surface area contributed by atoms with Crippen molar-refractivity contribution < 1.29 is 23.1 Å². The molecule has 7 heteroatoms. The van der Waals surface area contributed by atoms with Gasteiger partial charge in [-0.15, -0.1) is 0 Å². The van der Waals surface area contributed by atoms with Gasteiger partial charge in [0.2, 0.25) is 0 Å². The molecule has 5 nitrogen and oxygen atoms in total. The molecule has 0 fully saturated rings. The first-order chi connectivity index (χ1) is 13.0. The Balaban J connectivity index is 1.73. The van der Waals surface area contributed by atoms with Crippen LogP contribution in [0.25, 0.3) is 0 Å². The molecule has 3 aromatic carbocycles. The molecule has 0 atom stereocenters. The van der Waals surface area contributed by atoms with Crippen LogP contribution in [0.3, 0.4) is 0 Å². The fourth-order valence-corrected chi connectivity index (χ4v) is 2.24. The van der Waals surface area contributed by atoms with Gasteiger partial charge in [-0.1, -0.05) is 36.4 Å². The lowest BCUT2D eigenvalue weighted by atomic mass is 10.2. The number of hydrogen-bond acceptors (Lipinski definition) is 3. The molecule has 0 aromatic heterocycles. The molecule has 0 bridgehead atoms. The number of benzene rings is 3. The second-order valence-corrected chi connectivity index (χ2v) is 5.42. The molecule has 0 aliphatic rings. The third-order valence-electron chi connectivity index (χ3n) is 3.51. The Bertz CT molecular complexity index is 958. The molecule has 3 aromatic rings. The number of carbonyl (C=O) groups is 2. The molecule has 3 rings (SSSR count). The molecule has 0 saturated heterocycles. The Morgan fingerprint density at radius 2 is 1.30 bits per heavy atom. The highest BCUT2D eigenvalue weighted by molar-refractivity contribution is 6.43. The van der Waals surface area contributed by atoms with E-state index in [4.69, 9.17) is 4.74 Å².